The SMILES string of the molecule is Cc1ccccc1N=Cc1cc(Br)c(I)o1. The summed E-state index contributed by atoms with van der Waals surface area (Å²) in [5, 5.41) is 0. The molecule has 0 spiro atoms. The van der Waals surface area contributed by atoms with Crippen LogP contribution in [0.1, 0.15) is 11.3 Å². The fraction of sp³-hybridized carbons (Fsp3) is 0.0833. The number of nitrogens with zero attached hydrogens (tertiary/aromatic N) is 1. The van der Waals surface area contributed by atoms with Crippen LogP contribution in [0, 0.1) is 10.7 Å². The molecule has 0 atom stereocenters. The number of furan rings is 1. The zero-order chi connectivity index (χ0) is 11.5. The van der Waals surface area contributed by atoms with Crippen molar-refractivity contribution in [3.63, 3.8) is 0 Å². The van der Waals surface area contributed by atoms with Crippen LogP contribution in [0.15, 0.2) is 44.2 Å². The van der Waals surface area contributed by atoms with Crippen LogP contribution in [0.25, 0.3) is 0 Å². The molecule has 0 aliphatic heterocycles. The number of hydrogen-bond acceptors (Lipinski definition) is 2. The van der Waals surface area contributed by atoms with E-state index in [4.69, 9.17) is 4.42 Å². The van der Waals surface area contributed by atoms with Gasteiger partial charge in [0.25, 0.3) is 0 Å². The molecule has 4 heteroatoms. The average molecular weight is 390 g/mol. The maximum Gasteiger partial charge on any atom is 0.178 e. The second-order valence-electron chi connectivity index (χ2n) is 3.32. The van der Waals surface area contributed by atoms with Crippen LogP contribution < -0.4 is 0 Å². The summed E-state index contributed by atoms with van der Waals surface area (Å²) in [5.41, 5.74) is 2.11. The monoisotopic (exact) mass is 389 g/mol. The Balaban J connectivity index is 2.25. The topological polar surface area (TPSA) is 25.5 Å². The van der Waals surface area contributed by atoms with Crippen LogP contribution in [0.5, 0.6) is 0 Å². The first-order valence-corrected chi connectivity index (χ1v) is 6.58. The first-order valence-electron chi connectivity index (χ1n) is 4.71. The van der Waals surface area contributed by atoms with Crippen molar-refractivity contribution in [3.05, 3.63) is 49.9 Å². The third-order valence-corrected chi connectivity index (χ3v) is 4.24. The molecule has 0 unspecified atom stereocenters. The highest BCUT2D eigenvalue weighted by Gasteiger charge is 2.03. The third kappa shape index (κ3) is 2.74. The Kier molecular flexibility index (Phi) is 3.81. The van der Waals surface area contributed by atoms with Crippen LogP contribution in [0.3, 0.4) is 0 Å². The molecule has 1 heterocycles. The Morgan fingerprint density at radius 2 is 2.12 bits per heavy atom. The second-order valence-corrected chi connectivity index (χ2v) is 5.15. The van der Waals surface area contributed by atoms with Crippen molar-refractivity contribution in [2.45, 2.75) is 6.92 Å². The van der Waals surface area contributed by atoms with E-state index in [1.807, 2.05) is 37.3 Å². The molecule has 16 heavy (non-hydrogen) atoms. The summed E-state index contributed by atoms with van der Waals surface area (Å²) in [7, 11) is 0. The predicted octanol–water partition coefficient (Wildman–Crippen LogP) is 4.71. The lowest BCUT2D eigenvalue weighted by Gasteiger charge is -1.96. The Morgan fingerprint density at radius 3 is 2.75 bits per heavy atom. The molecule has 1 aromatic carbocycles. The van der Waals surface area contributed by atoms with Crippen molar-refractivity contribution in [2.75, 3.05) is 0 Å². The van der Waals surface area contributed by atoms with E-state index < -0.39 is 0 Å². The molecule has 0 aliphatic carbocycles. The number of aryl methyl sites for hydroxylation is 1. The van der Waals surface area contributed by atoms with Gasteiger partial charge in [0, 0.05) is 28.7 Å². The molecular formula is C12H9BrINO. The van der Waals surface area contributed by atoms with Gasteiger partial charge in [0.15, 0.2) is 3.77 Å². The van der Waals surface area contributed by atoms with Crippen molar-refractivity contribution in [2.24, 2.45) is 4.99 Å². The van der Waals surface area contributed by atoms with Gasteiger partial charge in [0.2, 0.25) is 0 Å². The molecule has 0 N–H and O–H groups in total. The molecule has 0 fully saturated rings. The molecule has 2 aromatic rings. The predicted molar refractivity (Wildman–Crippen MR) is 77.6 cm³/mol. The second kappa shape index (κ2) is 5.14. The Labute approximate surface area is 116 Å². The average Bonchev–Trinajstić information content (AvgIpc) is 2.57. The minimum absolute atomic E-state index is 0.750. The normalized spacial score (nSPS) is 11.2. The van der Waals surface area contributed by atoms with Gasteiger partial charge in [-0.3, -0.25) is 4.99 Å². The minimum atomic E-state index is 0.750. The van der Waals surface area contributed by atoms with Crippen molar-refractivity contribution in [1.82, 2.24) is 0 Å². The molecular weight excluding hydrogens is 381 g/mol. The van der Waals surface area contributed by atoms with Gasteiger partial charge in [-0.1, -0.05) is 18.2 Å². The van der Waals surface area contributed by atoms with Gasteiger partial charge in [0.05, 0.1) is 16.4 Å². The lowest BCUT2D eigenvalue weighted by atomic mass is 10.2. The summed E-state index contributed by atoms with van der Waals surface area (Å²) in [5.74, 6) is 0.750. The molecule has 0 aliphatic rings. The van der Waals surface area contributed by atoms with Gasteiger partial charge in [-0.15, -0.1) is 0 Å². The maximum absolute atomic E-state index is 5.47. The molecule has 0 saturated heterocycles. The van der Waals surface area contributed by atoms with E-state index in [2.05, 4.69) is 43.5 Å². The highest BCUT2D eigenvalue weighted by atomic mass is 127. The Morgan fingerprint density at radius 1 is 1.38 bits per heavy atom. The van der Waals surface area contributed by atoms with Gasteiger partial charge in [0.1, 0.15) is 5.76 Å². The van der Waals surface area contributed by atoms with Crippen molar-refractivity contribution < 1.29 is 4.42 Å². The fourth-order valence-corrected chi connectivity index (χ4v) is 1.98. The summed E-state index contributed by atoms with van der Waals surface area (Å²) in [6.07, 6.45) is 1.73. The van der Waals surface area contributed by atoms with Crippen LogP contribution in [-0.4, -0.2) is 6.21 Å². The van der Waals surface area contributed by atoms with Crippen molar-refractivity contribution in [3.8, 4) is 0 Å². The lowest BCUT2D eigenvalue weighted by molar-refractivity contribution is 0.530. The quantitative estimate of drug-likeness (QED) is 0.539. The summed E-state index contributed by atoms with van der Waals surface area (Å²) in [6, 6.07) is 9.90. The summed E-state index contributed by atoms with van der Waals surface area (Å²) in [4.78, 5) is 4.39. The highest BCUT2D eigenvalue weighted by molar-refractivity contribution is 14.1. The minimum Gasteiger partial charge on any atom is -0.448 e. The molecule has 0 saturated carbocycles. The number of benzene rings is 1. The largest absolute Gasteiger partial charge is 0.448 e. The van der Waals surface area contributed by atoms with Crippen LogP contribution in [-0.2, 0) is 0 Å². The number of halogens is 2. The van der Waals surface area contributed by atoms with Crippen LogP contribution in [0.4, 0.5) is 5.69 Å². The summed E-state index contributed by atoms with van der Waals surface area (Å²) >= 11 is 5.52. The van der Waals surface area contributed by atoms with Crippen LogP contribution in [0.2, 0.25) is 0 Å². The third-order valence-electron chi connectivity index (χ3n) is 2.11. The van der Waals surface area contributed by atoms with E-state index in [1.165, 1.54) is 0 Å². The van der Waals surface area contributed by atoms with E-state index in [0.717, 1.165) is 25.3 Å². The van der Waals surface area contributed by atoms with Gasteiger partial charge >= 0.3 is 0 Å². The molecule has 0 bridgehead atoms. The van der Waals surface area contributed by atoms with E-state index in [-0.39, 0.29) is 0 Å². The Bertz CT molecular complexity index is 514. The highest BCUT2D eigenvalue weighted by Crippen LogP contribution is 2.23. The zero-order valence-electron chi connectivity index (χ0n) is 8.58. The van der Waals surface area contributed by atoms with Crippen molar-refractivity contribution >= 4 is 50.4 Å². The zero-order valence-corrected chi connectivity index (χ0v) is 12.3. The lowest BCUT2D eigenvalue weighted by Crippen LogP contribution is -1.76. The first-order chi connectivity index (χ1) is 7.66. The molecule has 82 valence electrons. The van der Waals surface area contributed by atoms with E-state index in [1.54, 1.807) is 6.21 Å². The fourth-order valence-electron chi connectivity index (χ4n) is 1.27. The maximum atomic E-state index is 5.47. The first kappa shape index (κ1) is 11.9. The summed E-state index contributed by atoms with van der Waals surface area (Å²) in [6.45, 7) is 2.04. The molecule has 1 aromatic heterocycles. The number of para-hydroxylation sites is 1. The van der Waals surface area contributed by atoms with E-state index in [0.29, 0.717) is 0 Å². The van der Waals surface area contributed by atoms with E-state index >= 15 is 0 Å². The number of aliphatic imine (C=N–C) groups is 1. The Hall–Kier alpha value is -0.620. The van der Waals surface area contributed by atoms with Gasteiger partial charge < -0.3 is 4.42 Å². The van der Waals surface area contributed by atoms with Crippen LogP contribution >= 0.6 is 38.5 Å². The smallest absolute Gasteiger partial charge is 0.178 e. The molecule has 0 amide bonds. The molecule has 0 radical (unpaired) electrons. The molecule has 2 nitrogen and oxygen atoms in total. The van der Waals surface area contributed by atoms with Gasteiger partial charge in [-0.2, -0.15) is 0 Å². The standard InChI is InChI=1S/C12H9BrINO/c1-8-4-2-3-5-11(8)15-7-9-6-10(13)12(14)16-9/h2-7H,1H3. The number of hydrogen-bond donors (Lipinski definition) is 0. The number of rotatable bonds is 2. The molecule has 2 rings (SSSR count). The van der Waals surface area contributed by atoms with Gasteiger partial charge in [-0.05, 0) is 34.5 Å². The summed E-state index contributed by atoms with van der Waals surface area (Å²) < 4.78 is 7.26. The van der Waals surface area contributed by atoms with Gasteiger partial charge in [-0.25, -0.2) is 0 Å². The van der Waals surface area contributed by atoms with E-state index in [9.17, 15) is 0 Å². The van der Waals surface area contributed by atoms with Crippen molar-refractivity contribution in [1.29, 1.82) is 0 Å².